The van der Waals surface area contributed by atoms with Crippen LogP contribution in [0.4, 0.5) is 9.59 Å². The normalized spacial score (nSPS) is 12.0. The van der Waals surface area contributed by atoms with E-state index < -0.39 is 66.6 Å². The Bertz CT molecular complexity index is 1580. The predicted molar refractivity (Wildman–Crippen MR) is 188 cm³/mol. The molecule has 13 heteroatoms. The number of ether oxygens (including phenoxy) is 3. The van der Waals surface area contributed by atoms with Crippen molar-refractivity contribution in [2.75, 3.05) is 19.7 Å². The minimum absolute atomic E-state index is 0.108. The van der Waals surface area contributed by atoms with Crippen LogP contribution < -0.4 is 21.3 Å². The van der Waals surface area contributed by atoms with E-state index in [-0.39, 0.29) is 26.0 Å². The summed E-state index contributed by atoms with van der Waals surface area (Å²) >= 11 is 0. The van der Waals surface area contributed by atoms with Crippen LogP contribution in [0, 0.1) is 0 Å². The van der Waals surface area contributed by atoms with Gasteiger partial charge in [0.15, 0.2) is 12.4 Å². The number of rotatable bonds is 18. The van der Waals surface area contributed by atoms with Crippen molar-refractivity contribution in [2.24, 2.45) is 0 Å². The first-order valence-corrected chi connectivity index (χ1v) is 16.7. The van der Waals surface area contributed by atoms with Crippen molar-refractivity contribution in [1.29, 1.82) is 0 Å². The van der Waals surface area contributed by atoms with Crippen molar-refractivity contribution < 1.29 is 43.0 Å². The lowest BCUT2D eigenvalue weighted by Gasteiger charge is -2.25. The van der Waals surface area contributed by atoms with Crippen LogP contribution in [0.15, 0.2) is 91.0 Å². The molecule has 0 fully saturated rings. The standard InChI is InChI=1S/C38H46N4O9/c1-38(2,3)51-37(48)42-31(23-27-15-7-4-8-16-27)35(46)41-30(21-13-14-22-39-36(47)50-25-28-17-9-5-10-18-28)34(45)40-24-33(44)49-26-32(43)29-19-11-6-12-20-29/h4-12,15-20,30-31H,13-14,21-26H2,1-3H3,(H,39,47)(H,40,45)(H,41,46)(H,42,48)/t30-,31-/m0/s1. The van der Waals surface area contributed by atoms with Gasteiger partial charge in [-0.25, -0.2) is 9.59 Å². The first-order valence-electron chi connectivity index (χ1n) is 16.7. The number of Topliss-reactive ketones (excluding diaryl/α,β-unsaturated/α-hetero) is 1. The predicted octanol–water partition coefficient (Wildman–Crippen LogP) is 4.25. The van der Waals surface area contributed by atoms with Crippen molar-refractivity contribution >= 4 is 35.8 Å². The zero-order chi connectivity index (χ0) is 37.1. The third kappa shape index (κ3) is 16.0. The number of esters is 1. The summed E-state index contributed by atoms with van der Waals surface area (Å²) in [5.74, 6) is -2.58. The molecule has 3 aromatic rings. The molecule has 13 nitrogen and oxygen atoms in total. The molecule has 0 aromatic heterocycles. The van der Waals surface area contributed by atoms with E-state index in [1.807, 2.05) is 36.4 Å². The number of benzene rings is 3. The van der Waals surface area contributed by atoms with E-state index >= 15 is 0 Å². The molecule has 4 amide bonds. The molecule has 4 N–H and O–H groups in total. The summed E-state index contributed by atoms with van der Waals surface area (Å²) in [6, 6.07) is 24.3. The smallest absolute Gasteiger partial charge is 0.408 e. The van der Waals surface area contributed by atoms with Gasteiger partial charge in [-0.2, -0.15) is 0 Å². The summed E-state index contributed by atoms with van der Waals surface area (Å²) in [7, 11) is 0. The second kappa shape index (κ2) is 20.7. The molecule has 0 unspecified atom stereocenters. The van der Waals surface area contributed by atoms with Crippen LogP contribution in [0.25, 0.3) is 0 Å². The molecule has 0 aliphatic rings. The van der Waals surface area contributed by atoms with Gasteiger partial charge in [0.25, 0.3) is 0 Å². The summed E-state index contributed by atoms with van der Waals surface area (Å²) in [6.07, 6.45) is -0.342. The Balaban J connectivity index is 1.61. The van der Waals surface area contributed by atoms with Crippen LogP contribution in [-0.2, 0) is 41.6 Å². The fourth-order valence-corrected chi connectivity index (χ4v) is 4.68. The van der Waals surface area contributed by atoms with Crippen molar-refractivity contribution in [3.8, 4) is 0 Å². The number of hydrogen-bond donors (Lipinski definition) is 4. The average molecular weight is 703 g/mol. The van der Waals surface area contributed by atoms with Gasteiger partial charge in [-0.05, 0) is 51.2 Å². The molecule has 0 spiro atoms. The van der Waals surface area contributed by atoms with Gasteiger partial charge in [-0.15, -0.1) is 0 Å². The third-order valence-corrected chi connectivity index (χ3v) is 7.19. The molecular weight excluding hydrogens is 656 g/mol. The number of unbranched alkanes of at least 4 members (excludes halogenated alkanes) is 1. The Morgan fingerprint density at radius 3 is 1.88 bits per heavy atom. The zero-order valence-corrected chi connectivity index (χ0v) is 29.1. The molecule has 0 radical (unpaired) electrons. The summed E-state index contributed by atoms with van der Waals surface area (Å²) in [6.45, 7) is 4.39. The van der Waals surface area contributed by atoms with Crippen LogP contribution in [0.3, 0.4) is 0 Å². The molecule has 0 aliphatic heterocycles. The van der Waals surface area contributed by atoms with Gasteiger partial charge in [0.1, 0.15) is 30.8 Å². The highest BCUT2D eigenvalue weighted by Gasteiger charge is 2.29. The van der Waals surface area contributed by atoms with Crippen LogP contribution in [0.2, 0.25) is 0 Å². The number of amides is 4. The largest absolute Gasteiger partial charge is 0.456 e. The fourth-order valence-electron chi connectivity index (χ4n) is 4.68. The van der Waals surface area contributed by atoms with Gasteiger partial charge in [0, 0.05) is 18.5 Å². The SMILES string of the molecule is CC(C)(C)OC(=O)N[C@@H](Cc1ccccc1)C(=O)N[C@@H](CCCCNC(=O)OCc1ccccc1)C(=O)NCC(=O)OCC(=O)c1ccccc1. The van der Waals surface area contributed by atoms with Crippen molar-refractivity contribution in [3.05, 3.63) is 108 Å². The summed E-state index contributed by atoms with van der Waals surface area (Å²) in [4.78, 5) is 76.4. The molecule has 272 valence electrons. The van der Waals surface area contributed by atoms with Crippen molar-refractivity contribution in [1.82, 2.24) is 21.3 Å². The molecule has 0 heterocycles. The van der Waals surface area contributed by atoms with Crippen LogP contribution >= 0.6 is 0 Å². The van der Waals surface area contributed by atoms with E-state index in [0.717, 1.165) is 11.1 Å². The fraction of sp³-hybridized carbons (Fsp3) is 0.368. The number of alkyl carbamates (subject to hydrolysis) is 2. The minimum atomic E-state index is -1.13. The first-order chi connectivity index (χ1) is 24.4. The maximum atomic E-state index is 13.6. The Kier molecular flexibility index (Phi) is 16.1. The molecule has 0 saturated carbocycles. The van der Waals surface area contributed by atoms with Gasteiger partial charge in [-0.3, -0.25) is 19.2 Å². The average Bonchev–Trinajstić information content (AvgIpc) is 3.11. The monoisotopic (exact) mass is 702 g/mol. The molecular formula is C38H46N4O9. The lowest BCUT2D eigenvalue weighted by molar-refractivity contribution is -0.143. The van der Waals surface area contributed by atoms with E-state index in [9.17, 15) is 28.8 Å². The van der Waals surface area contributed by atoms with Crippen molar-refractivity contribution in [2.45, 2.75) is 70.7 Å². The van der Waals surface area contributed by atoms with Crippen molar-refractivity contribution in [3.63, 3.8) is 0 Å². The zero-order valence-electron chi connectivity index (χ0n) is 29.1. The number of ketones is 1. The second-order valence-corrected chi connectivity index (χ2v) is 12.6. The number of carbonyl (C=O) groups is 6. The Hall–Kier alpha value is -5.72. The Morgan fingerprint density at radius 1 is 0.647 bits per heavy atom. The van der Waals surface area contributed by atoms with Gasteiger partial charge in [0.2, 0.25) is 11.8 Å². The lowest BCUT2D eigenvalue weighted by Crippen LogP contribution is -2.55. The number of nitrogens with one attached hydrogen (secondary N) is 4. The highest BCUT2D eigenvalue weighted by Crippen LogP contribution is 2.10. The first kappa shape index (κ1) is 39.7. The molecule has 0 saturated heterocycles. The third-order valence-electron chi connectivity index (χ3n) is 7.19. The quantitative estimate of drug-likeness (QED) is 0.0653. The number of carbonyl (C=O) groups excluding carboxylic acids is 6. The van der Waals surface area contributed by atoms with Gasteiger partial charge in [0.05, 0.1) is 0 Å². The summed E-state index contributed by atoms with van der Waals surface area (Å²) in [5, 5.41) is 10.4. The van der Waals surface area contributed by atoms with E-state index in [1.165, 1.54) is 0 Å². The van der Waals surface area contributed by atoms with Crippen LogP contribution in [-0.4, -0.2) is 73.1 Å². The molecule has 51 heavy (non-hydrogen) atoms. The topological polar surface area (TPSA) is 178 Å². The highest BCUT2D eigenvalue weighted by atomic mass is 16.6. The Morgan fingerprint density at radius 2 is 1.25 bits per heavy atom. The van der Waals surface area contributed by atoms with Crippen LogP contribution in [0.1, 0.15) is 61.5 Å². The molecule has 3 aromatic carbocycles. The minimum Gasteiger partial charge on any atom is -0.456 e. The maximum Gasteiger partial charge on any atom is 0.408 e. The maximum absolute atomic E-state index is 13.6. The van der Waals surface area contributed by atoms with Crippen LogP contribution in [0.5, 0.6) is 0 Å². The molecule has 3 rings (SSSR count). The van der Waals surface area contributed by atoms with Gasteiger partial charge >= 0.3 is 18.2 Å². The molecule has 0 aliphatic carbocycles. The lowest BCUT2D eigenvalue weighted by atomic mass is 10.0. The van der Waals surface area contributed by atoms with Gasteiger partial charge in [-0.1, -0.05) is 91.0 Å². The highest BCUT2D eigenvalue weighted by molar-refractivity contribution is 5.98. The second-order valence-electron chi connectivity index (χ2n) is 12.6. The van der Waals surface area contributed by atoms with Gasteiger partial charge < -0.3 is 35.5 Å². The Labute approximate surface area is 297 Å². The molecule has 2 atom stereocenters. The van der Waals surface area contributed by atoms with E-state index in [4.69, 9.17) is 14.2 Å². The van der Waals surface area contributed by atoms with E-state index in [2.05, 4.69) is 21.3 Å². The molecule has 0 bridgehead atoms. The number of hydrogen-bond acceptors (Lipinski definition) is 9. The van der Waals surface area contributed by atoms with E-state index in [1.54, 1.807) is 75.4 Å². The summed E-state index contributed by atoms with van der Waals surface area (Å²) < 4.78 is 15.6. The van der Waals surface area contributed by atoms with E-state index in [0.29, 0.717) is 18.4 Å². The summed E-state index contributed by atoms with van der Waals surface area (Å²) in [5.41, 5.74) is 1.16.